The Labute approximate surface area is 123 Å². The van der Waals surface area contributed by atoms with Gasteiger partial charge in [-0.3, -0.25) is 4.79 Å². The highest BCUT2D eigenvalue weighted by molar-refractivity contribution is 6.04. The summed E-state index contributed by atoms with van der Waals surface area (Å²) in [5.74, 6) is 0.0587. The Morgan fingerprint density at radius 2 is 2.00 bits per heavy atom. The van der Waals surface area contributed by atoms with Crippen molar-refractivity contribution in [3.8, 4) is 5.88 Å². The third kappa shape index (κ3) is 3.68. The molecular weight excluding hydrogens is 268 g/mol. The molecule has 0 saturated heterocycles. The van der Waals surface area contributed by atoms with E-state index in [0.717, 1.165) is 17.8 Å². The lowest BCUT2D eigenvalue weighted by Crippen LogP contribution is -2.15. The van der Waals surface area contributed by atoms with E-state index in [2.05, 4.69) is 20.8 Å². The molecule has 0 bridgehead atoms. The number of carbonyl (C=O) groups excluding carboxylic acids is 1. The second kappa shape index (κ2) is 6.69. The number of aryl methyl sites for hydroxylation is 1. The molecule has 0 spiro atoms. The summed E-state index contributed by atoms with van der Waals surface area (Å²) in [5, 5.41) is 13.7. The fraction of sp³-hybridized carbons (Fsp3) is 0.267. The Kier molecular flexibility index (Phi) is 4.71. The standard InChI is InChI=1S/C15H18N4O2/c1-4-16-13-9-10(2)5-6-11(13)17-15(20)12-7-8-14(21-3)19-18-12/h5-9,16H,4H2,1-3H3,(H,17,20). The number of amides is 1. The monoisotopic (exact) mass is 286 g/mol. The summed E-state index contributed by atoms with van der Waals surface area (Å²) in [6.07, 6.45) is 0. The molecule has 0 atom stereocenters. The molecule has 6 heteroatoms. The normalized spacial score (nSPS) is 10.0. The predicted molar refractivity (Wildman–Crippen MR) is 81.9 cm³/mol. The van der Waals surface area contributed by atoms with E-state index in [1.54, 1.807) is 12.1 Å². The number of hydrogen-bond acceptors (Lipinski definition) is 5. The molecular formula is C15H18N4O2. The molecule has 1 amide bonds. The molecule has 1 heterocycles. The largest absolute Gasteiger partial charge is 0.480 e. The zero-order valence-electron chi connectivity index (χ0n) is 12.3. The molecule has 0 fully saturated rings. The van der Waals surface area contributed by atoms with Crippen molar-refractivity contribution in [2.75, 3.05) is 24.3 Å². The molecule has 2 aromatic rings. The van der Waals surface area contributed by atoms with Crippen LogP contribution in [0, 0.1) is 6.92 Å². The Morgan fingerprint density at radius 1 is 1.19 bits per heavy atom. The highest BCUT2D eigenvalue weighted by Crippen LogP contribution is 2.23. The molecule has 2 N–H and O–H groups in total. The van der Waals surface area contributed by atoms with Crippen molar-refractivity contribution >= 4 is 17.3 Å². The van der Waals surface area contributed by atoms with Gasteiger partial charge in [0.15, 0.2) is 5.69 Å². The van der Waals surface area contributed by atoms with E-state index >= 15 is 0 Å². The number of nitrogens with zero attached hydrogens (tertiary/aromatic N) is 2. The number of anilines is 2. The van der Waals surface area contributed by atoms with Crippen LogP contribution in [-0.2, 0) is 0 Å². The molecule has 1 aromatic carbocycles. The molecule has 0 saturated carbocycles. The summed E-state index contributed by atoms with van der Waals surface area (Å²) in [6, 6.07) is 8.96. The SMILES string of the molecule is CCNc1cc(C)ccc1NC(=O)c1ccc(OC)nn1. The van der Waals surface area contributed by atoms with Gasteiger partial charge in [0, 0.05) is 12.6 Å². The quantitative estimate of drug-likeness (QED) is 0.883. The van der Waals surface area contributed by atoms with Gasteiger partial charge in [0.05, 0.1) is 18.5 Å². The average Bonchev–Trinajstić information content (AvgIpc) is 2.50. The number of hydrogen-bond donors (Lipinski definition) is 2. The summed E-state index contributed by atoms with van der Waals surface area (Å²) in [7, 11) is 1.50. The summed E-state index contributed by atoms with van der Waals surface area (Å²) < 4.78 is 4.92. The van der Waals surface area contributed by atoms with Crippen LogP contribution in [0.25, 0.3) is 0 Å². The van der Waals surface area contributed by atoms with E-state index in [1.807, 2.05) is 32.0 Å². The van der Waals surface area contributed by atoms with Gasteiger partial charge in [-0.05, 0) is 37.6 Å². The second-order valence-corrected chi connectivity index (χ2v) is 4.49. The van der Waals surface area contributed by atoms with E-state index in [9.17, 15) is 4.79 Å². The van der Waals surface area contributed by atoms with Crippen LogP contribution < -0.4 is 15.4 Å². The molecule has 0 aliphatic heterocycles. The lowest BCUT2D eigenvalue weighted by molar-refractivity contribution is 0.102. The fourth-order valence-electron chi connectivity index (χ4n) is 1.84. The number of benzene rings is 1. The number of rotatable bonds is 5. The lowest BCUT2D eigenvalue weighted by atomic mass is 10.2. The lowest BCUT2D eigenvalue weighted by Gasteiger charge is -2.12. The smallest absolute Gasteiger partial charge is 0.276 e. The van der Waals surface area contributed by atoms with Crippen molar-refractivity contribution in [3.05, 3.63) is 41.6 Å². The first-order valence-electron chi connectivity index (χ1n) is 6.67. The van der Waals surface area contributed by atoms with Crippen molar-refractivity contribution in [2.45, 2.75) is 13.8 Å². The van der Waals surface area contributed by atoms with Crippen LogP contribution in [0.4, 0.5) is 11.4 Å². The van der Waals surface area contributed by atoms with E-state index in [0.29, 0.717) is 11.6 Å². The van der Waals surface area contributed by atoms with Gasteiger partial charge in [-0.2, -0.15) is 0 Å². The second-order valence-electron chi connectivity index (χ2n) is 4.49. The van der Waals surface area contributed by atoms with Gasteiger partial charge in [0.2, 0.25) is 5.88 Å². The first kappa shape index (κ1) is 14.8. The van der Waals surface area contributed by atoms with Crippen LogP contribution in [0.2, 0.25) is 0 Å². The van der Waals surface area contributed by atoms with Gasteiger partial charge in [-0.15, -0.1) is 10.2 Å². The third-order valence-electron chi connectivity index (χ3n) is 2.87. The van der Waals surface area contributed by atoms with E-state index < -0.39 is 0 Å². The minimum atomic E-state index is -0.312. The van der Waals surface area contributed by atoms with Crippen LogP contribution in [0.15, 0.2) is 30.3 Å². The van der Waals surface area contributed by atoms with E-state index in [1.165, 1.54) is 7.11 Å². The molecule has 1 aromatic heterocycles. The van der Waals surface area contributed by atoms with Gasteiger partial charge in [-0.1, -0.05) is 6.07 Å². The van der Waals surface area contributed by atoms with Crippen LogP contribution in [0.1, 0.15) is 23.0 Å². The maximum atomic E-state index is 12.2. The van der Waals surface area contributed by atoms with Crippen LogP contribution in [-0.4, -0.2) is 29.8 Å². The van der Waals surface area contributed by atoms with Crippen molar-refractivity contribution in [1.29, 1.82) is 0 Å². The van der Waals surface area contributed by atoms with Gasteiger partial charge in [-0.25, -0.2) is 0 Å². The zero-order chi connectivity index (χ0) is 15.2. The van der Waals surface area contributed by atoms with Gasteiger partial charge in [0.25, 0.3) is 5.91 Å². The maximum absolute atomic E-state index is 12.2. The number of nitrogens with one attached hydrogen (secondary N) is 2. The molecule has 0 unspecified atom stereocenters. The molecule has 2 rings (SSSR count). The number of aromatic nitrogens is 2. The molecule has 110 valence electrons. The topological polar surface area (TPSA) is 76.1 Å². The first-order chi connectivity index (χ1) is 10.1. The maximum Gasteiger partial charge on any atom is 0.276 e. The summed E-state index contributed by atoms with van der Waals surface area (Å²) in [4.78, 5) is 12.2. The summed E-state index contributed by atoms with van der Waals surface area (Å²) in [6.45, 7) is 4.78. The first-order valence-corrected chi connectivity index (χ1v) is 6.67. The molecule has 0 aliphatic carbocycles. The Morgan fingerprint density at radius 3 is 2.62 bits per heavy atom. The van der Waals surface area contributed by atoms with Crippen molar-refractivity contribution < 1.29 is 9.53 Å². The minimum Gasteiger partial charge on any atom is -0.480 e. The fourth-order valence-corrected chi connectivity index (χ4v) is 1.84. The van der Waals surface area contributed by atoms with Crippen LogP contribution in [0.3, 0.4) is 0 Å². The summed E-state index contributed by atoms with van der Waals surface area (Å²) in [5.41, 5.74) is 2.95. The van der Waals surface area contributed by atoms with E-state index in [4.69, 9.17) is 4.74 Å². The number of carbonyl (C=O) groups is 1. The highest BCUT2D eigenvalue weighted by atomic mass is 16.5. The molecule has 0 aliphatic rings. The third-order valence-corrected chi connectivity index (χ3v) is 2.87. The molecule has 21 heavy (non-hydrogen) atoms. The van der Waals surface area contributed by atoms with Crippen molar-refractivity contribution in [3.63, 3.8) is 0 Å². The van der Waals surface area contributed by atoms with Crippen molar-refractivity contribution in [1.82, 2.24) is 10.2 Å². The van der Waals surface area contributed by atoms with E-state index in [-0.39, 0.29) is 11.6 Å². The highest BCUT2D eigenvalue weighted by Gasteiger charge is 2.11. The van der Waals surface area contributed by atoms with Crippen LogP contribution >= 0.6 is 0 Å². The molecule has 0 radical (unpaired) electrons. The van der Waals surface area contributed by atoms with Crippen LogP contribution in [0.5, 0.6) is 5.88 Å². The van der Waals surface area contributed by atoms with Gasteiger partial charge < -0.3 is 15.4 Å². The predicted octanol–water partition coefficient (Wildman–Crippen LogP) is 2.48. The Balaban J connectivity index is 2.18. The number of ether oxygens (including phenoxy) is 1. The number of methoxy groups -OCH3 is 1. The Hall–Kier alpha value is -2.63. The molecule has 6 nitrogen and oxygen atoms in total. The average molecular weight is 286 g/mol. The summed E-state index contributed by atoms with van der Waals surface area (Å²) >= 11 is 0. The van der Waals surface area contributed by atoms with Gasteiger partial charge in [0.1, 0.15) is 0 Å². The van der Waals surface area contributed by atoms with Gasteiger partial charge >= 0.3 is 0 Å². The Bertz CT molecular complexity index is 626. The van der Waals surface area contributed by atoms with Crippen molar-refractivity contribution in [2.24, 2.45) is 0 Å². The minimum absolute atomic E-state index is 0.235. The zero-order valence-corrected chi connectivity index (χ0v) is 12.3.